The lowest BCUT2D eigenvalue weighted by atomic mass is 9.93. The first kappa shape index (κ1) is 55.4. The molecule has 4 nitrogen and oxygen atoms in total. The van der Waals surface area contributed by atoms with Gasteiger partial charge in [-0.3, -0.25) is 9.59 Å². The summed E-state index contributed by atoms with van der Waals surface area (Å²) in [6.45, 7) is 14.9. The van der Waals surface area contributed by atoms with E-state index in [-0.39, 0.29) is 11.8 Å². The van der Waals surface area contributed by atoms with Gasteiger partial charge >= 0.3 is 0 Å². The van der Waals surface area contributed by atoms with Crippen LogP contribution in [0.3, 0.4) is 0 Å². The first-order chi connectivity index (χ1) is 32.8. The summed E-state index contributed by atoms with van der Waals surface area (Å²) in [5.41, 5.74) is 3.15. The fourth-order valence-corrected chi connectivity index (χ4v) is 13.7. The molecule has 0 N–H and O–H groups in total. The highest BCUT2D eigenvalue weighted by molar-refractivity contribution is 7.22. The zero-order valence-electron chi connectivity index (χ0n) is 43.6. The molecule has 374 valence electrons. The fraction of sp³-hybridized carbons (Fsp3) is 0.700. The van der Waals surface area contributed by atoms with E-state index in [0.717, 1.165) is 46.8 Å². The number of carbonyl (C=O) groups is 2. The first-order valence-corrected chi connectivity index (χ1v) is 30.6. The Morgan fingerprint density at radius 3 is 0.955 bits per heavy atom. The number of unbranched alkanes of at least 4 members (excludes halogenated alkanes) is 24. The number of fused-ring (bicyclic) bond motifs is 1. The van der Waals surface area contributed by atoms with Crippen molar-refractivity contribution in [3.8, 4) is 9.75 Å². The zero-order valence-corrected chi connectivity index (χ0v) is 46.0. The molecule has 5 heterocycles. The van der Waals surface area contributed by atoms with Gasteiger partial charge in [-0.25, -0.2) is 0 Å². The van der Waals surface area contributed by atoms with E-state index >= 15 is 9.59 Å². The summed E-state index contributed by atoms with van der Waals surface area (Å²) in [5, 5.41) is 0. The summed E-state index contributed by atoms with van der Waals surface area (Å²) >= 11 is 5.34. The highest BCUT2D eigenvalue weighted by Crippen LogP contribution is 2.50. The summed E-state index contributed by atoms with van der Waals surface area (Å²) in [4.78, 5) is 42.6. The minimum atomic E-state index is 0.0586. The molecule has 2 amide bonds. The molecule has 7 heteroatoms. The average molecular weight is 972 g/mol. The minimum absolute atomic E-state index is 0.0586. The van der Waals surface area contributed by atoms with Gasteiger partial charge < -0.3 is 9.80 Å². The highest BCUT2D eigenvalue weighted by atomic mass is 32.1. The molecule has 67 heavy (non-hydrogen) atoms. The van der Waals surface area contributed by atoms with Crippen molar-refractivity contribution in [1.82, 2.24) is 9.80 Å². The number of rotatable bonds is 39. The topological polar surface area (TPSA) is 40.6 Å². The molecule has 5 rings (SSSR count). The maximum absolute atomic E-state index is 15.6. The highest BCUT2D eigenvalue weighted by Gasteiger charge is 2.50. The molecule has 2 aliphatic rings. The number of nitrogens with zero attached hydrogens (tertiary/aromatic N) is 2. The second kappa shape index (κ2) is 31.7. The predicted molar refractivity (Wildman–Crippen MR) is 296 cm³/mol. The smallest absolute Gasteiger partial charge is 0.261 e. The summed E-state index contributed by atoms with van der Waals surface area (Å²) < 4.78 is 0. The molecular weight excluding hydrogens is 877 g/mol. The number of amides is 2. The first-order valence-electron chi connectivity index (χ1n) is 28.2. The molecule has 0 saturated carbocycles. The van der Waals surface area contributed by atoms with Gasteiger partial charge in [0.15, 0.2) is 0 Å². The van der Waals surface area contributed by atoms with Crippen LogP contribution in [-0.4, -0.2) is 34.7 Å². The van der Waals surface area contributed by atoms with Crippen LogP contribution in [-0.2, 0) is 9.59 Å². The van der Waals surface area contributed by atoms with Gasteiger partial charge in [-0.2, -0.15) is 0 Å². The third-order valence-electron chi connectivity index (χ3n) is 14.7. The van der Waals surface area contributed by atoms with Gasteiger partial charge in [0.25, 0.3) is 11.8 Å². The van der Waals surface area contributed by atoms with Crippen LogP contribution in [0.4, 0.5) is 0 Å². The van der Waals surface area contributed by atoms with Crippen molar-refractivity contribution < 1.29 is 9.59 Å². The number of hydrogen-bond donors (Lipinski definition) is 0. The summed E-state index contributed by atoms with van der Waals surface area (Å²) in [6.07, 6.45) is 41.0. The van der Waals surface area contributed by atoms with Crippen LogP contribution in [0.15, 0.2) is 47.5 Å². The van der Waals surface area contributed by atoms with Gasteiger partial charge in [0, 0.05) is 32.6 Å². The largest absolute Gasteiger partial charge is 0.306 e. The Morgan fingerprint density at radius 2 is 0.627 bits per heavy atom. The molecule has 0 fully saturated rings. The molecule has 2 unspecified atom stereocenters. The van der Waals surface area contributed by atoms with Crippen LogP contribution >= 0.6 is 34.0 Å². The van der Waals surface area contributed by atoms with Crippen molar-refractivity contribution in [3.63, 3.8) is 0 Å². The molecule has 0 radical (unpaired) electrons. The Morgan fingerprint density at radius 1 is 0.358 bits per heavy atom. The molecule has 0 bridgehead atoms. The Hall–Kier alpha value is -2.48. The number of carbonyl (C=O) groups excluding carboxylic acids is 2. The molecule has 0 spiro atoms. The third-order valence-corrected chi connectivity index (χ3v) is 18.0. The molecule has 0 saturated heterocycles. The molecule has 2 atom stereocenters. The Labute approximate surface area is 422 Å². The zero-order chi connectivity index (χ0) is 47.6. The van der Waals surface area contributed by atoms with Crippen LogP contribution in [0.25, 0.3) is 21.1 Å². The van der Waals surface area contributed by atoms with Crippen molar-refractivity contribution >= 4 is 57.2 Å². The van der Waals surface area contributed by atoms with Crippen molar-refractivity contribution in [2.75, 3.05) is 13.1 Å². The van der Waals surface area contributed by atoms with E-state index in [1.165, 1.54) is 199 Å². The van der Waals surface area contributed by atoms with Crippen LogP contribution < -0.4 is 0 Å². The molecular formula is C60H94N2O2S3. The quantitative estimate of drug-likeness (QED) is 0.0535. The van der Waals surface area contributed by atoms with E-state index in [9.17, 15) is 0 Å². The Bertz CT molecular complexity index is 1930. The van der Waals surface area contributed by atoms with E-state index in [1.807, 2.05) is 11.3 Å². The maximum Gasteiger partial charge on any atom is 0.261 e. The monoisotopic (exact) mass is 971 g/mol. The second-order valence-corrected chi connectivity index (χ2v) is 24.3. The van der Waals surface area contributed by atoms with Crippen LogP contribution in [0.1, 0.15) is 253 Å². The minimum Gasteiger partial charge on any atom is -0.306 e. The summed E-state index contributed by atoms with van der Waals surface area (Å²) in [7, 11) is 0. The van der Waals surface area contributed by atoms with E-state index in [2.05, 4.69) is 87.7 Å². The lowest BCUT2D eigenvalue weighted by Gasteiger charge is -2.29. The lowest BCUT2D eigenvalue weighted by Crippen LogP contribution is -2.34. The molecule has 0 aromatic carbocycles. The van der Waals surface area contributed by atoms with Crippen molar-refractivity contribution in [2.45, 2.75) is 247 Å². The average Bonchev–Trinajstić information content (AvgIpc) is 4.17. The second-order valence-electron chi connectivity index (χ2n) is 20.6. The number of hydrogen-bond acceptors (Lipinski definition) is 5. The molecule has 2 aliphatic heterocycles. The summed E-state index contributed by atoms with van der Waals surface area (Å²) in [6, 6.07) is 13.3. The van der Waals surface area contributed by atoms with Gasteiger partial charge in [-0.15, -0.1) is 34.0 Å². The SMILES string of the molecule is CCCCCCCCCCC(CCCCCCCC)CN1C(=O)C2=C(c3ccc(-c4ccc(C)s4)s3)N(CC(CCCCCCCC)CCCCCCCCCC)C(=O)C2=C1c1ccc(C)s1. The normalized spacial score (nSPS) is 15.0. The molecule has 0 aliphatic carbocycles. The third kappa shape index (κ3) is 17.7. The lowest BCUT2D eigenvalue weighted by molar-refractivity contribution is -0.124. The standard InChI is InChI=1S/C60H94N2O2S3/c1-7-11-15-19-23-25-29-33-37-49(35-31-27-21-17-13-9-3)45-61-57(53-42-40-48(6)66-53)55-56(60(61)64)58(54-44-43-52(67-54)51-41-39-47(5)65-51)62(59(55)63)46-50(36-32-28-22-18-14-10-4)38-34-30-26-24-20-16-12-8-2/h39-44,49-50H,7-38,45-46H2,1-6H3. The predicted octanol–water partition coefficient (Wildman–Crippen LogP) is 19.8. The van der Waals surface area contributed by atoms with Gasteiger partial charge in [-0.1, -0.05) is 207 Å². The molecule has 3 aromatic rings. The molecule has 3 aromatic heterocycles. The van der Waals surface area contributed by atoms with Crippen molar-refractivity contribution in [3.05, 3.63) is 67.1 Å². The van der Waals surface area contributed by atoms with Crippen LogP contribution in [0, 0.1) is 25.7 Å². The van der Waals surface area contributed by atoms with E-state index in [1.54, 1.807) is 22.7 Å². The van der Waals surface area contributed by atoms with E-state index in [4.69, 9.17) is 0 Å². The van der Waals surface area contributed by atoms with Crippen LogP contribution in [0.5, 0.6) is 0 Å². The maximum atomic E-state index is 15.6. The Balaban J connectivity index is 1.47. The van der Waals surface area contributed by atoms with E-state index < -0.39 is 0 Å². The van der Waals surface area contributed by atoms with Crippen molar-refractivity contribution in [1.29, 1.82) is 0 Å². The number of aryl methyl sites for hydroxylation is 2. The number of thiophene rings is 3. The fourth-order valence-electron chi connectivity index (χ4n) is 10.7. The Kier molecular flexibility index (Phi) is 26.2. The van der Waals surface area contributed by atoms with Gasteiger partial charge in [0.2, 0.25) is 0 Å². The summed E-state index contributed by atoms with van der Waals surface area (Å²) in [5.74, 6) is 0.952. The van der Waals surface area contributed by atoms with Gasteiger partial charge in [0.1, 0.15) is 0 Å². The van der Waals surface area contributed by atoms with Gasteiger partial charge in [0.05, 0.1) is 32.3 Å². The van der Waals surface area contributed by atoms with Crippen molar-refractivity contribution in [2.24, 2.45) is 11.8 Å². The van der Waals surface area contributed by atoms with Crippen LogP contribution in [0.2, 0.25) is 0 Å². The van der Waals surface area contributed by atoms with Gasteiger partial charge in [-0.05, 0) is 87.8 Å². The van der Waals surface area contributed by atoms with E-state index in [0.29, 0.717) is 36.1 Å².